The molecule has 1 aliphatic heterocycles. The highest BCUT2D eigenvalue weighted by Crippen LogP contribution is 2.33. The SMILES string of the molecule is CN1CCN(c2ccc(Nc3ncc4cc(Sc5ccc(Cl)cc5)c(=O)n(C5CCCCC5)c4n3)cc2)CC1. The lowest BCUT2D eigenvalue weighted by atomic mass is 9.95. The molecule has 0 spiro atoms. The zero-order chi connectivity index (χ0) is 26.8. The highest BCUT2D eigenvalue weighted by atomic mass is 35.5. The topological polar surface area (TPSA) is 66.3 Å². The van der Waals surface area contributed by atoms with Gasteiger partial charge in [0.1, 0.15) is 5.65 Å². The number of nitrogens with one attached hydrogen (secondary N) is 1. The van der Waals surface area contributed by atoms with Crippen LogP contribution < -0.4 is 15.8 Å². The molecule has 6 rings (SSSR count). The number of halogens is 1. The fraction of sp³-hybridized carbons (Fsp3) is 0.367. The van der Waals surface area contributed by atoms with Gasteiger partial charge in [0, 0.05) is 65.1 Å². The lowest BCUT2D eigenvalue weighted by Crippen LogP contribution is -2.44. The van der Waals surface area contributed by atoms with Crippen LogP contribution in [0.3, 0.4) is 0 Å². The number of aromatic nitrogens is 3. The molecule has 39 heavy (non-hydrogen) atoms. The van der Waals surface area contributed by atoms with Crippen molar-refractivity contribution in [2.45, 2.75) is 47.9 Å². The van der Waals surface area contributed by atoms with Gasteiger partial charge in [-0.15, -0.1) is 0 Å². The smallest absolute Gasteiger partial charge is 0.266 e. The van der Waals surface area contributed by atoms with E-state index in [0.717, 1.165) is 67.8 Å². The fourth-order valence-electron chi connectivity index (χ4n) is 5.49. The van der Waals surface area contributed by atoms with E-state index < -0.39 is 0 Å². The predicted molar refractivity (Wildman–Crippen MR) is 161 cm³/mol. The Labute approximate surface area is 238 Å². The Morgan fingerprint density at radius 2 is 1.67 bits per heavy atom. The van der Waals surface area contributed by atoms with Gasteiger partial charge in [0.15, 0.2) is 0 Å². The van der Waals surface area contributed by atoms with Crippen LogP contribution in [0.1, 0.15) is 38.1 Å². The van der Waals surface area contributed by atoms with E-state index in [1.165, 1.54) is 23.9 Å². The first-order valence-electron chi connectivity index (χ1n) is 13.7. The van der Waals surface area contributed by atoms with E-state index in [-0.39, 0.29) is 11.6 Å². The molecule has 2 fully saturated rings. The summed E-state index contributed by atoms with van der Waals surface area (Å²) in [5.74, 6) is 0.497. The van der Waals surface area contributed by atoms with Gasteiger partial charge >= 0.3 is 0 Å². The number of fused-ring (bicyclic) bond motifs is 1. The normalized spacial score (nSPS) is 17.0. The molecule has 0 unspecified atom stereocenters. The van der Waals surface area contributed by atoms with E-state index in [4.69, 9.17) is 16.6 Å². The first-order valence-corrected chi connectivity index (χ1v) is 14.9. The maximum atomic E-state index is 13.9. The molecule has 3 heterocycles. The Kier molecular flexibility index (Phi) is 7.77. The van der Waals surface area contributed by atoms with E-state index in [9.17, 15) is 4.79 Å². The second-order valence-corrected chi connectivity index (χ2v) is 12.0. The Morgan fingerprint density at radius 3 is 2.38 bits per heavy atom. The maximum Gasteiger partial charge on any atom is 0.266 e. The van der Waals surface area contributed by atoms with E-state index in [0.29, 0.717) is 21.5 Å². The van der Waals surface area contributed by atoms with Crippen LogP contribution in [-0.4, -0.2) is 52.7 Å². The second kappa shape index (κ2) is 11.6. The molecule has 1 saturated carbocycles. The van der Waals surface area contributed by atoms with Crippen LogP contribution in [0.15, 0.2) is 75.4 Å². The van der Waals surface area contributed by atoms with Crippen molar-refractivity contribution in [3.8, 4) is 0 Å². The molecule has 1 saturated heterocycles. The quantitative estimate of drug-likeness (QED) is 0.285. The van der Waals surface area contributed by atoms with Crippen molar-refractivity contribution >= 4 is 51.7 Å². The number of nitrogens with zero attached hydrogens (tertiary/aromatic N) is 5. The summed E-state index contributed by atoms with van der Waals surface area (Å²) in [6.07, 6.45) is 7.28. The molecule has 7 nitrogen and oxygen atoms in total. The Balaban J connectivity index is 1.30. The molecule has 2 aromatic heterocycles. The van der Waals surface area contributed by atoms with Crippen LogP contribution in [0.25, 0.3) is 11.0 Å². The molecular formula is C30H33ClN6OS. The van der Waals surface area contributed by atoms with Gasteiger partial charge in [0.05, 0.1) is 4.90 Å². The van der Waals surface area contributed by atoms with Crippen molar-refractivity contribution in [2.75, 3.05) is 43.4 Å². The standard InChI is InChI=1S/C30H33ClN6OS/c1-35-15-17-36(18-16-35)24-11-9-23(10-12-24)33-30-32-20-21-19-27(39-26-13-7-22(31)8-14-26)29(38)37(28(21)34-30)25-5-3-2-4-6-25/h7-14,19-20,25H,2-6,15-18H2,1H3,(H,32,33,34). The lowest BCUT2D eigenvalue weighted by Gasteiger charge is -2.34. The van der Waals surface area contributed by atoms with Gasteiger partial charge in [-0.05, 0) is 74.5 Å². The minimum Gasteiger partial charge on any atom is -0.369 e. The molecule has 0 radical (unpaired) electrons. The maximum absolute atomic E-state index is 13.9. The summed E-state index contributed by atoms with van der Waals surface area (Å²) in [5.41, 5.74) is 2.85. The van der Waals surface area contributed by atoms with Crippen LogP contribution >= 0.6 is 23.4 Å². The first-order chi connectivity index (χ1) is 19.0. The highest BCUT2D eigenvalue weighted by molar-refractivity contribution is 7.99. The lowest BCUT2D eigenvalue weighted by molar-refractivity contribution is 0.313. The molecule has 1 N–H and O–H groups in total. The van der Waals surface area contributed by atoms with Crippen molar-refractivity contribution in [3.05, 3.63) is 76.2 Å². The van der Waals surface area contributed by atoms with Gasteiger partial charge in [-0.1, -0.05) is 42.6 Å². The third-order valence-electron chi connectivity index (χ3n) is 7.71. The molecule has 0 amide bonds. The Hall–Kier alpha value is -3.07. The molecular weight excluding hydrogens is 528 g/mol. The van der Waals surface area contributed by atoms with Crippen molar-refractivity contribution < 1.29 is 0 Å². The van der Waals surface area contributed by atoms with Crippen molar-refractivity contribution in [1.82, 2.24) is 19.4 Å². The molecule has 0 atom stereocenters. The van der Waals surface area contributed by atoms with Gasteiger partial charge in [-0.3, -0.25) is 9.36 Å². The number of likely N-dealkylation sites (N-methyl/N-ethyl adjacent to an activating group) is 1. The Bertz CT molecular complexity index is 1490. The fourth-order valence-corrected chi connectivity index (χ4v) is 6.51. The van der Waals surface area contributed by atoms with E-state index in [1.54, 1.807) is 0 Å². The number of hydrogen-bond acceptors (Lipinski definition) is 7. The third-order valence-corrected chi connectivity index (χ3v) is 8.99. The molecule has 202 valence electrons. The summed E-state index contributed by atoms with van der Waals surface area (Å²) < 4.78 is 1.93. The number of piperazine rings is 1. The number of hydrogen-bond donors (Lipinski definition) is 1. The third kappa shape index (κ3) is 5.93. The summed E-state index contributed by atoms with van der Waals surface area (Å²) in [4.78, 5) is 29.8. The highest BCUT2D eigenvalue weighted by Gasteiger charge is 2.22. The van der Waals surface area contributed by atoms with Gasteiger partial charge in [-0.25, -0.2) is 4.98 Å². The van der Waals surface area contributed by atoms with Crippen molar-refractivity contribution in [1.29, 1.82) is 0 Å². The van der Waals surface area contributed by atoms with E-state index >= 15 is 0 Å². The minimum atomic E-state index is 0.00975. The number of benzene rings is 2. The molecule has 0 bridgehead atoms. The van der Waals surface area contributed by atoms with E-state index in [1.807, 2.05) is 41.1 Å². The molecule has 2 aromatic carbocycles. The van der Waals surface area contributed by atoms with Crippen LogP contribution in [0.2, 0.25) is 5.02 Å². The zero-order valence-corrected chi connectivity index (χ0v) is 23.7. The number of rotatable bonds is 6. The average molecular weight is 561 g/mol. The number of pyridine rings is 1. The van der Waals surface area contributed by atoms with Gasteiger partial charge in [0.2, 0.25) is 5.95 Å². The first kappa shape index (κ1) is 26.2. The van der Waals surface area contributed by atoms with Crippen molar-refractivity contribution in [2.24, 2.45) is 0 Å². The summed E-state index contributed by atoms with van der Waals surface area (Å²) in [5, 5.41) is 4.91. The monoisotopic (exact) mass is 560 g/mol. The zero-order valence-electron chi connectivity index (χ0n) is 22.1. The predicted octanol–water partition coefficient (Wildman–Crippen LogP) is 6.60. The van der Waals surface area contributed by atoms with E-state index in [2.05, 4.69) is 51.4 Å². The van der Waals surface area contributed by atoms with Crippen LogP contribution in [0.4, 0.5) is 17.3 Å². The largest absolute Gasteiger partial charge is 0.369 e. The summed E-state index contributed by atoms with van der Waals surface area (Å²) >= 11 is 7.54. The Morgan fingerprint density at radius 1 is 0.949 bits per heavy atom. The van der Waals surface area contributed by atoms with Crippen LogP contribution in [0.5, 0.6) is 0 Å². The van der Waals surface area contributed by atoms with Crippen molar-refractivity contribution in [3.63, 3.8) is 0 Å². The molecule has 9 heteroatoms. The van der Waals surface area contributed by atoms with Crippen LogP contribution in [0, 0.1) is 0 Å². The van der Waals surface area contributed by atoms with Gasteiger partial charge in [-0.2, -0.15) is 4.98 Å². The molecule has 2 aliphatic rings. The van der Waals surface area contributed by atoms with Gasteiger partial charge < -0.3 is 15.1 Å². The second-order valence-electron chi connectivity index (χ2n) is 10.5. The van der Waals surface area contributed by atoms with Gasteiger partial charge in [0.25, 0.3) is 5.56 Å². The number of anilines is 3. The van der Waals surface area contributed by atoms with Crippen LogP contribution in [-0.2, 0) is 0 Å². The summed E-state index contributed by atoms with van der Waals surface area (Å²) in [7, 11) is 2.17. The molecule has 1 aliphatic carbocycles. The summed E-state index contributed by atoms with van der Waals surface area (Å²) in [6.45, 7) is 4.23. The minimum absolute atomic E-state index is 0.00975. The molecule has 4 aromatic rings. The summed E-state index contributed by atoms with van der Waals surface area (Å²) in [6, 6.07) is 18.1. The average Bonchev–Trinajstić information content (AvgIpc) is 2.96.